The van der Waals surface area contributed by atoms with Gasteiger partial charge in [-0.25, -0.2) is 0 Å². The van der Waals surface area contributed by atoms with Gasteiger partial charge < -0.3 is 14.2 Å². The largest absolute Gasteiger partial charge is 0.458 e. The molecule has 0 aliphatic carbocycles. The molecule has 7 nitrogen and oxygen atoms in total. The van der Waals surface area contributed by atoms with E-state index < -0.39 is 34.2 Å². The maximum atomic E-state index is 12.9. The standard InChI is InChI=1S/C22H25BrO7S/c1-15-6-10-17(11-7-15)31(25,26)30-19(5-4-14-23)21-18(28-22(2,3)29-21)12-8-16-9-13-20(24)27-16/h5-8,10-12,14,16,18-19,21H,9,13H2,1-3H3/b12-8+/t4?,16?,18-,19-,21+/m1/s1. The third-order valence-corrected chi connectivity index (χ3v) is 6.38. The van der Waals surface area contributed by atoms with E-state index in [9.17, 15) is 13.2 Å². The quantitative estimate of drug-likeness (QED) is 0.236. The van der Waals surface area contributed by atoms with Crippen LogP contribution in [0.4, 0.5) is 0 Å². The number of benzene rings is 1. The number of ether oxygens (including phenoxy) is 3. The summed E-state index contributed by atoms with van der Waals surface area (Å²) in [5.74, 6) is -1.21. The van der Waals surface area contributed by atoms with E-state index in [0.29, 0.717) is 12.8 Å². The molecule has 4 atom stereocenters. The molecular formula is C22H25BrO7S. The van der Waals surface area contributed by atoms with Crippen LogP contribution in [-0.4, -0.2) is 44.6 Å². The Morgan fingerprint density at radius 3 is 2.55 bits per heavy atom. The van der Waals surface area contributed by atoms with Crippen molar-refractivity contribution in [2.24, 2.45) is 0 Å². The molecule has 9 heteroatoms. The lowest BCUT2D eigenvalue weighted by Gasteiger charge is -2.22. The number of cyclic esters (lactones) is 1. The van der Waals surface area contributed by atoms with Crippen LogP contribution in [0.2, 0.25) is 0 Å². The fraction of sp³-hybridized carbons (Fsp3) is 0.455. The van der Waals surface area contributed by atoms with Crippen molar-refractivity contribution in [1.82, 2.24) is 0 Å². The van der Waals surface area contributed by atoms with Crippen LogP contribution >= 0.6 is 15.9 Å². The zero-order chi connectivity index (χ0) is 22.6. The molecule has 2 aliphatic heterocycles. The SMILES string of the molecule is Cc1ccc(S(=O)(=O)O[C@H](C=C=CBr)[C@H]2OC(C)(C)O[C@@H]2/C=C/C2CCC(=O)O2)cc1. The number of rotatable bonds is 7. The molecule has 31 heavy (non-hydrogen) atoms. The predicted molar refractivity (Wildman–Crippen MR) is 117 cm³/mol. The van der Waals surface area contributed by atoms with Gasteiger partial charge in [-0.2, -0.15) is 8.42 Å². The van der Waals surface area contributed by atoms with Gasteiger partial charge in [-0.3, -0.25) is 8.98 Å². The van der Waals surface area contributed by atoms with Gasteiger partial charge in [-0.05, 0) is 51.5 Å². The minimum absolute atomic E-state index is 0.0439. The van der Waals surface area contributed by atoms with Crippen LogP contribution in [0.1, 0.15) is 32.3 Å². The van der Waals surface area contributed by atoms with Gasteiger partial charge in [0.05, 0.1) is 4.90 Å². The molecule has 0 amide bonds. The Balaban J connectivity index is 1.86. The third kappa shape index (κ3) is 6.38. The molecule has 0 saturated carbocycles. The van der Waals surface area contributed by atoms with Crippen molar-refractivity contribution in [2.75, 3.05) is 0 Å². The molecule has 1 aromatic carbocycles. The molecule has 2 aliphatic rings. The second kappa shape index (κ2) is 9.81. The number of esters is 1. The highest BCUT2D eigenvalue weighted by molar-refractivity contribution is 9.11. The average molecular weight is 513 g/mol. The van der Waals surface area contributed by atoms with Gasteiger partial charge in [0.1, 0.15) is 24.4 Å². The molecule has 0 bridgehead atoms. The van der Waals surface area contributed by atoms with Crippen LogP contribution in [-0.2, 0) is 33.3 Å². The second-order valence-electron chi connectivity index (χ2n) is 7.79. The van der Waals surface area contributed by atoms with Crippen LogP contribution in [0.3, 0.4) is 0 Å². The first-order chi connectivity index (χ1) is 14.6. The normalized spacial score (nSPS) is 26.5. The summed E-state index contributed by atoms with van der Waals surface area (Å²) in [7, 11) is -4.07. The smallest absolute Gasteiger partial charge is 0.306 e. The summed E-state index contributed by atoms with van der Waals surface area (Å²) in [6.45, 7) is 5.34. The van der Waals surface area contributed by atoms with Crippen LogP contribution < -0.4 is 0 Å². The maximum Gasteiger partial charge on any atom is 0.306 e. The van der Waals surface area contributed by atoms with Gasteiger partial charge in [0.25, 0.3) is 10.1 Å². The lowest BCUT2D eigenvalue weighted by Crippen LogP contribution is -2.37. The van der Waals surface area contributed by atoms with Crippen LogP contribution in [0.5, 0.6) is 0 Å². The fourth-order valence-electron chi connectivity index (χ4n) is 3.35. The number of hydrogen-bond acceptors (Lipinski definition) is 7. The van der Waals surface area contributed by atoms with E-state index in [2.05, 4.69) is 21.7 Å². The summed E-state index contributed by atoms with van der Waals surface area (Å²) < 4.78 is 48.5. The van der Waals surface area contributed by atoms with Crippen LogP contribution in [0.25, 0.3) is 0 Å². The first-order valence-corrected chi connectivity index (χ1v) is 12.2. The van der Waals surface area contributed by atoms with Crippen LogP contribution in [0, 0.1) is 6.92 Å². The van der Waals surface area contributed by atoms with Gasteiger partial charge in [0, 0.05) is 11.4 Å². The molecule has 2 fully saturated rings. The second-order valence-corrected chi connectivity index (χ2v) is 9.82. The zero-order valence-corrected chi connectivity index (χ0v) is 19.9. The van der Waals surface area contributed by atoms with E-state index in [1.54, 1.807) is 38.1 Å². The van der Waals surface area contributed by atoms with Gasteiger partial charge >= 0.3 is 5.97 Å². The topological polar surface area (TPSA) is 88.1 Å². The summed E-state index contributed by atoms with van der Waals surface area (Å²) in [4.78, 5) is 12.8. The summed E-state index contributed by atoms with van der Waals surface area (Å²) in [6, 6.07) is 6.39. The fourth-order valence-corrected chi connectivity index (χ4v) is 4.54. The zero-order valence-electron chi connectivity index (χ0n) is 17.5. The lowest BCUT2D eigenvalue weighted by atomic mass is 10.1. The van der Waals surface area contributed by atoms with Gasteiger partial charge in [-0.1, -0.05) is 39.7 Å². The Morgan fingerprint density at radius 1 is 1.23 bits per heavy atom. The van der Waals surface area contributed by atoms with Gasteiger partial charge in [0.2, 0.25) is 0 Å². The van der Waals surface area contributed by atoms with Crippen molar-refractivity contribution in [2.45, 2.75) is 68.7 Å². The molecule has 0 aromatic heterocycles. The molecule has 0 spiro atoms. The van der Waals surface area contributed by atoms with E-state index in [0.717, 1.165) is 5.56 Å². The summed E-state index contributed by atoms with van der Waals surface area (Å²) >= 11 is 3.13. The number of carbonyl (C=O) groups is 1. The van der Waals surface area contributed by atoms with Gasteiger partial charge in [0.15, 0.2) is 5.79 Å². The van der Waals surface area contributed by atoms with Crippen molar-refractivity contribution >= 4 is 32.0 Å². The molecule has 3 rings (SSSR count). The van der Waals surface area contributed by atoms with Gasteiger partial charge in [-0.15, -0.1) is 5.73 Å². The van der Waals surface area contributed by atoms with Crippen molar-refractivity contribution < 1.29 is 31.6 Å². The molecular weight excluding hydrogens is 488 g/mol. The maximum absolute atomic E-state index is 12.9. The highest BCUT2D eigenvalue weighted by Gasteiger charge is 2.45. The Morgan fingerprint density at radius 2 is 1.94 bits per heavy atom. The number of carbonyl (C=O) groups excluding carboxylic acids is 1. The average Bonchev–Trinajstić information content (AvgIpc) is 3.25. The molecule has 1 aromatic rings. The lowest BCUT2D eigenvalue weighted by molar-refractivity contribution is -0.149. The Labute approximate surface area is 191 Å². The number of hydrogen-bond donors (Lipinski definition) is 0. The molecule has 168 valence electrons. The van der Waals surface area contributed by atoms with E-state index in [4.69, 9.17) is 18.4 Å². The highest BCUT2D eigenvalue weighted by atomic mass is 79.9. The first-order valence-electron chi connectivity index (χ1n) is 9.84. The van der Waals surface area contributed by atoms with Crippen molar-refractivity contribution in [1.29, 1.82) is 0 Å². The highest BCUT2D eigenvalue weighted by Crippen LogP contribution is 2.33. The third-order valence-electron chi connectivity index (χ3n) is 4.79. The Kier molecular flexibility index (Phi) is 7.57. The van der Waals surface area contributed by atoms with E-state index in [1.165, 1.54) is 23.2 Å². The molecule has 0 radical (unpaired) electrons. The first kappa shape index (κ1) is 23.9. The summed E-state index contributed by atoms with van der Waals surface area (Å²) in [6.07, 6.45) is 3.13. The van der Waals surface area contributed by atoms with E-state index >= 15 is 0 Å². The summed E-state index contributed by atoms with van der Waals surface area (Å²) in [5.41, 5.74) is 3.74. The number of aryl methyl sites for hydroxylation is 1. The van der Waals surface area contributed by atoms with E-state index in [-0.39, 0.29) is 17.0 Å². The monoisotopic (exact) mass is 512 g/mol. The van der Waals surface area contributed by atoms with Crippen molar-refractivity contribution in [3.8, 4) is 0 Å². The van der Waals surface area contributed by atoms with Crippen molar-refractivity contribution in [3.63, 3.8) is 0 Å². The Hall–Kier alpha value is -1.74. The minimum Gasteiger partial charge on any atom is -0.458 e. The molecule has 0 N–H and O–H groups in total. The molecule has 2 heterocycles. The van der Waals surface area contributed by atoms with Crippen LogP contribution in [0.15, 0.2) is 58.1 Å². The summed E-state index contributed by atoms with van der Waals surface area (Å²) in [5, 5.41) is 0. The predicted octanol–water partition coefficient (Wildman–Crippen LogP) is 3.91. The Bertz CT molecular complexity index is 991. The number of halogens is 1. The molecule has 1 unspecified atom stereocenters. The van der Waals surface area contributed by atoms with E-state index in [1.807, 2.05) is 6.92 Å². The van der Waals surface area contributed by atoms with Crippen molar-refractivity contribution in [3.05, 3.63) is 58.8 Å². The minimum atomic E-state index is -4.07. The molecule has 2 saturated heterocycles.